The van der Waals surface area contributed by atoms with Crippen LogP contribution in [0.1, 0.15) is 59.3 Å². The van der Waals surface area contributed by atoms with Crippen molar-refractivity contribution >= 4 is 5.91 Å². The molecular formula is C19H34N2O3. The molecule has 1 amide bonds. The van der Waals surface area contributed by atoms with E-state index in [9.17, 15) is 4.79 Å². The second-order valence-electron chi connectivity index (χ2n) is 8.60. The maximum absolute atomic E-state index is 12.9. The normalized spacial score (nSPS) is 29.2. The highest BCUT2D eigenvalue weighted by molar-refractivity contribution is 5.81. The summed E-state index contributed by atoms with van der Waals surface area (Å²) in [5.41, 5.74) is 0.0967. The Hall–Kier alpha value is -0.650. The number of hydrogen-bond acceptors (Lipinski definition) is 4. The molecule has 3 aliphatic heterocycles. The number of likely N-dealkylation sites (tertiary alicyclic amines) is 2. The third-order valence-corrected chi connectivity index (χ3v) is 5.83. The largest absolute Gasteiger partial charge is 0.349 e. The first kappa shape index (κ1) is 18.2. The summed E-state index contributed by atoms with van der Waals surface area (Å²) in [5, 5.41) is 0. The van der Waals surface area contributed by atoms with E-state index in [0.29, 0.717) is 0 Å². The Kier molecular flexibility index (Phi) is 5.52. The number of ether oxygens (including phenoxy) is 2. The second-order valence-corrected chi connectivity index (χ2v) is 8.60. The van der Waals surface area contributed by atoms with Crippen LogP contribution >= 0.6 is 0 Å². The summed E-state index contributed by atoms with van der Waals surface area (Å²) in [6.45, 7) is 11.5. The summed E-state index contributed by atoms with van der Waals surface area (Å²) < 4.78 is 12.1. The molecule has 0 saturated carbocycles. The molecule has 1 spiro atoms. The van der Waals surface area contributed by atoms with Crippen LogP contribution in [-0.4, -0.2) is 66.9 Å². The molecule has 5 nitrogen and oxygen atoms in total. The van der Waals surface area contributed by atoms with E-state index >= 15 is 0 Å². The lowest BCUT2D eigenvalue weighted by atomic mass is 9.92. The lowest BCUT2D eigenvalue weighted by Gasteiger charge is -2.48. The van der Waals surface area contributed by atoms with Gasteiger partial charge < -0.3 is 14.4 Å². The molecule has 0 bridgehead atoms. The Labute approximate surface area is 146 Å². The molecule has 1 unspecified atom stereocenters. The SMILES string of the molecule is CC(C(=O)N1CCC2(CC1)OCC(C)(C)CO2)N1CCCCCC1. The average molecular weight is 338 g/mol. The molecule has 1 atom stereocenters. The standard InChI is InChI=1S/C19H34N2O3/c1-16(20-10-6-4-5-7-11-20)17(22)21-12-8-19(9-13-21)23-14-18(2,3)15-24-19/h16H,4-15H2,1-3H3. The molecule has 5 heteroatoms. The first-order valence-corrected chi connectivity index (χ1v) is 9.72. The van der Waals surface area contributed by atoms with E-state index in [4.69, 9.17) is 9.47 Å². The number of amides is 1. The predicted molar refractivity (Wildman–Crippen MR) is 93.7 cm³/mol. The van der Waals surface area contributed by atoms with Crippen LogP contribution in [0.5, 0.6) is 0 Å². The molecule has 24 heavy (non-hydrogen) atoms. The minimum absolute atomic E-state index is 0.00396. The molecule has 3 saturated heterocycles. The van der Waals surface area contributed by atoms with Crippen molar-refractivity contribution < 1.29 is 14.3 Å². The van der Waals surface area contributed by atoms with Crippen molar-refractivity contribution in [2.24, 2.45) is 5.41 Å². The number of hydrogen-bond donors (Lipinski definition) is 0. The van der Waals surface area contributed by atoms with Gasteiger partial charge in [-0.15, -0.1) is 0 Å². The van der Waals surface area contributed by atoms with Crippen LogP contribution in [0.2, 0.25) is 0 Å². The predicted octanol–water partition coefficient (Wildman–Crippen LogP) is 2.64. The van der Waals surface area contributed by atoms with Crippen molar-refractivity contribution in [3.8, 4) is 0 Å². The summed E-state index contributed by atoms with van der Waals surface area (Å²) in [4.78, 5) is 17.3. The Morgan fingerprint density at radius 2 is 1.46 bits per heavy atom. The van der Waals surface area contributed by atoms with E-state index in [2.05, 4.69) is 25.7 Å². The Morgan fingerprint density at radius 3 is 2.00 bits per heavy atom. The van der Waals surface area contributed by atoms with Gasteiger partial charge >= 0.3 is 0 Å². The zero-order valence-electron chi connectivity index (χ0n) is 15.7. The maximum Gasteiger partial charge on any atom is 0.239 e. The van der Waals surface area contributed by atoms with Gasteiger partial charge in [-0.2, -0.15) is 0 Å². The van der Waals surface area contributed by atoms with Crippen LogP contribution < -0.4 is 0 Å². The number of carbonyl (C=O) groups is 1. The van der Waals surface area contributed by atoms with Gasteiger partial charge in [0.2, 0.25) is 5.91 Å². The van der Waals surface area contributed by atoms with Crippen molar-refractivity contribution in [1.82, 2.24) is 9.80 Å². The van der Waals surface area contributed by atoms with E-state index in [1.54, 1.807) is 0 Å². The third kappa shape index (κ3) is 4.12. The van der Waals surface area contributed by atoms with E-state index < -0.39 is 5.79 Å². The van der Waals surface area contributed by atoms with Gasteiger partial charge in [0.15, 0.2) is 5.79 Å². The molecule has 0 N–H and O–H groups in total. The van der Waals surface area contributed by atoms with Crippen molar-refractivity contribution in [1.29, 1.82) is 0 Å². The summed E-state index contributed by atoms with van der Waals surface area (Å²) >= 11 is 0. The molecule has 3 fully saturated rings. The van der Waals surface area contributed by atoms with Gasteiger partial charge in [0.05, 0.1) is 19.3 Å². The van der Waals surface area contributed by atoms with E-state index in [-0.39, 0.29) is 17.4 Å². The molecule has 138 valence electrons. The van der Waals surface area contributed by atoms with Gasteiger partial charge in [-0.25, -0.2) is 0 Å². The Balaban J connectivity index is 1.51. The first-order chi connectivity index (χ1) is 11.4. The lowest BCUT2D eigenvalue weighted by Crippen LogP contribution is -2.56. The van der Waals surface area contributed by atoms with Crippen LogP contribution in [0, 0.1) is 5.41 Å². The van der Waals surface area contributed by atoms with E-state index in [1.807, 2.05) is 4.90 Å². The number of nitrogens with zero attached hydrogens (tertiary/aromatic N) is 2. The molecule has 0 aromatic heterocycles. The fourth-order valence-corrected chi connectivity index (χ4v) is 4.00. The third-order valence-electron chi connectivity index (χ3n) is 5.83. The Morgan fingerprint density at radius 1 is 0.917 bits per heavy atom. The zero-order chi connectivity index (χ0) is 17.2. The van der Waals surface area contributed by atoms with Gasteiger partial charge in [-0.3, -0.25) is 9.69 Å². The monoisotopic (exact) mass is 338 g/mol. The van der Waals surface area contributed by atoms with E-state index in [0.717, 1.165) is 52.2 Å². The van der Waals surface area contributed by atoms with Crippen molar-refractivity contribution in [2.45, 2.75) is 71.1 Å². The van der Waals surface area contributed by atoms with Crippen LogP contribution in [0.3, 0.4) is 0 Å². The van der Waals surface area contributed by atoms with E-state index in [1.165, 1.54) is 25.7 Å². The highest BCUT2D eigenvalue weighted by Crippen LogP contribution is 2.36. The smallest absolute Gasteiger partial charge is 0.239 e. The summed E-state index contributed by atoms with van der Waals surface area (Å²) in [6, 6.07) is 0.00396. The zero-order valence-corrected chi connectivity index (χ0v) is 15.7. The van der Waals surface area contributed by atoms with Gasteiger partial charge in [-0.05, 0) is 32.9 Å². The van der Waals surface area contributed by atoms with Gasteiger partial charge in [0, 0.05) is 31.3 Å². The summed E-state index contributed by atoms with van der Waals surface area (Å²) in [5.74, 6) is -0.166. The summed E-state index contributed by atoms with van der Waals surface area (Å²) in [6.07, 6.45) is 6.63. The van der Waals surface area contributed by atoms with Crippen LogP contribution in [-0.2, 0) is 14.3 Å². The minimum Gasteiger partial charge on any atom is -0.349 e. The highest BCUT2D eigenvalue weighted by atomic mass is 16.7. The van der Waals surface area contributed by atoms with Crippen molar-refractivity contribution in [2.75, 3.05) is 39.4 Å². The van der Waals surface area contributed by atoms with Gasteiger partial charge in [0.25, 0.3) is 0 Å². The van der Waals surface area contributed by atoms with Crippen LogP contribution in [0.4, 0.5) is 0 Å². The molecule has 3 rings (SSSR count). The average Bonchev–Trinajstić information content (AvgIpc) is 2.87. The maximum atomic E-state index is 12.9. The fourth-order valence-electron chi connectivity index (χ4n) is 4.00. The van der Waals surface area contributed by atoms with Crippen molar-refractivity contribution in [3.63, 3.8) is 0 Å². The van der Waals surface area contributed by atoms with Crippen LogP contribution in [0.15, 0.2) is 0 Å². The van der Waals surface area contributed by atoms with Crippen molar-refractivity contribution in [3.05, 3.63) is 0 Å². The first-order valence-electron chi connectivity index (χ1n) is 9.72. The molecule has 3 heterocycles. The quantitative estimate of drug-likeness (QED) is 0.776. The summed E-state index contributed by atoms with van der Waals surface area (Å²) in [7, 11) is 0. The fraction of sp³-hybridized carbons (Fsp3) is 0.947. The lowest BCUT2D eigenvalue weighted by molar-refractivity contribution is -0.312. The molecule has 0 aromatic carbocycles. The van der Waals surface area contributed by atoms with Gasteiger partial charge in [-0.1, -0.05) is 26.7 Å². The number of piperidine rings is 1. The molecule has 3 aliphatic rings. The second kappa shape index (κ2) is 7.30. The molecule has 0 aromatic rings. The highest BCUT2D eigenvalue weighted by Gasteiger charge is 2.44. The topological polar surface area (TPSA) is 42.0 Å². The molecule has 0 aliphatic carbocycles. The molecule has 0 radical (unpaired) electrons. The number of carbonyl (C=O) groups excluding carboxylic acids is 1. The van der Waals surface area contributed by atoms with Crippen LogP contribution in [0.25, 0.3) is 0 Å². The Bertz CT molecular complexity index is 424. The van der Waals surface area contributed by atoms with Gasteiger partial charge in [0.1, 0.15) is 0 Å². The molecular weight excluding hydrogens is 304 g/mol. The minimum atomic E-state index is -0.446. The number of rotatable bonds is 2.